The Morgan fingerprint density at radius 2 is 1.81 bits per heavy atom. The van der Waals surface area contributed by atoms with Crippen molar-refractivity contribution in [3.63, 3.8) is 0 Å². The third-order valence-corrected chi connectivity index (χ3v) is 2.80. The second-order valence-corrected chi connectivity index (χ2v) is 4.82. The van der Waals surface area contributed by atoms with Gasteiger partial charge in [-0.25, -0.2) is 4.79 Å². The minimum Gasteiger partial charge on any atom is -0.478 e. The van der Waals surface area contributed by atoms with E-state index in [4.69, 9.17) is 9.84 Å². The van der Waals surface area contributed by atoms with Crippen LogP contribution >= 0.6 is 0 Å². The van der Waals surface area contributed by atoms with E-state index in [0.717, 1.165) is 24.5 Å². The number of carboxylic acids is 1. The second-order valence-electron chi connectivity index (χ2n) is 4.82. The topological polar surface area (TPSA) is 63.6 Å². The molecule has 4 heteroatoms. The molecule has 0 aliphatic heterocycles. The fourth-order valence-corrected chi connectivity index (χ4v) is 1.69. The van der Waals surface area contributed by atoms with Crippen LogP contribution in [0, 0.1) is 0 Å². The van der Waals surface area contributed by atoms with Gasteiger partial charge in [-0.05, 0) is 18.4 Å². The van der Waals surface area contributed by atoms with Crippen molar-refractivity contribution in [1.82, 2.24) is 0 Å². The van der Waals surface area contributed by atoms with Gasteiger partial charge < -0.3 is 9.84 Å². The summed E-state index contributed by atoms with van der Waals surface area (Å²) >= 11 is 0. The Hall–Kier alpha value is -1.84. The summed E-state index contributed by atoms with van der Waals surface area (Å²) in [5.41, 5.74) is 0.774. The number of esters is 1. The molecular weight excluding hydrogens is 268 g/mol. The first-order chi connectivity index (χ1) is 10.1. The number of aliphatic carboxylic acids is 1. The van der Waals surface area contributed by atoms with Crippen molar-refractivity contribution in [3.05, 3.63) is 36.0 Å². The SMILES string of the molecule is CCCCCCC/C=C/C(=C\C=C\C(=O)O)COC(C)=O. The van der Waals surface area contributed by atoms with Crippen LogP contribution in [0.1, 0.15) is 52.4 Å². The Morgan fingerprint density at radius 1 is 1.10 bits per heavy atom. The summed E-state index contributed by atoms with van der Waals surface area (Å²) in [6.45, 7) is 3.70. The fourth-order valence-electron chi connectivity index (χ4n) is 1.69. The van der Waals surface area contributed by atoms with Gasteiger partial charge in [0, 0.05) is 13.0 Å². The highest BCUT2D eigenvalue weighted by molar-refractivity contribution is 5.80. The molecule has 0 radical (unpaired) electrons. The smallest absolute Gasteiger partial charge is 0.328 e. The Kier molecular flexibility index (Phi) is 12.0. The van der Waals surface area contributed by atoms with E-state index in [0.29, 0.717) is 0 Å². The molecule has 0 amide bonds. The van der Waals surface area contributed by atoms with Crippen molar-refractivity contribution in [3.8, 4) is 0 Å². The van der Waals surface area contributed by atoms with Gasteiger partial charge in [0.25, 0.3) is 0 Å². The molecule has 0 aromatic rings. The van der Waals surface area contributed by atoms with Gasteiger partial charge in [0.05, 0.1) is 0 Å². The van der Waals surface area contributed by atoms with Gasteiger partial charge in [0.1, 0.15) is 6.61 Å². The molecule has 118 valence electrons. The third kappa shape index (κ3) is 14.4. The standard InChI is InChI=1S/C17H26O4/c1-3-4-5-6-7-8-9-11-16(14-21-15(2)18)12-10-13-17(19)20/h9-13H,3-8,14H2,1-2H3,(H,19,20)/b11-9+,13-10+,16-12+. The maximum Gasteiger partial charge on any atom is 0.328 e. The number of carboxylic acid groups (broad SMARTS) is 1. The van der Waals surface area contributed by atoms with Crippen LogP contribution in [-0.2, 0) is 14.3 Å². The number of hydrogen-bond acceptors (Lipinski definition) is 3. The van der Waals surface area contributed by atoms with Crippen LogP contribution in [0.25, 0.3) is 0 Å². The lowest BCUT2D eigenvalue weighted by Crippen LogP contribution is -2.01. The number of unbranched alkanes of at least 4 members (excludes halogenated alkanes) is 5. The van der Waals surface area contributed by atoms with Gasteiger partial charge in [-0.1, -0.05) is 56.9 Å². The van der Waals surface area contributed by atoms with Crippen molar-refractivity contribution >= 4 is 11.9 Å². The van der Waals surface area contributed by atoms with Crippen molar-refractivity contribution < 1.29 is 19.4 Å². The molecule has 0 unspecified atom stereocenters. The predicted octanol–water partition coefficient (Wildman–Crippen LogP) is 4.03. The minimum absolute atomic E-state index is 0.158. The average Bonchev–Trinajstić information content (AvgIpc) is 2.42. The average molecular weight is 294 g/mol. The Balaban J connectivity index is 4.25. The number of carbonyl (C=O) groups is 2. The molecular formula is C17H26O4. The minimum atomic E-state index is -1.00. The first-order valence-electron chi connectivity index (χ1n) is 7.46. The van der Waals surface area contributed by atoms with E-state index in [-0.39, 0.29) is 12.6 Å². The molecule has 0 aliphatic rings. The number of ether oxygens (including phenoxy) is 1. The Bertz CT molecular complexity index is 392. The highest BCUT2D eigenvalue weighted by Crippen LogP contribution is 2.07. The van der Waals surface area contributed by atoms with Crippen LogP contribution < -0.4 is 0 Å². The zero-order chi connectivity index (χ0) is 15.9. The summed E-state index contributed by atoms with van der Waals surface area (Å²) in [5.74, 6) is -1.35. The Morgan fingerprint density at radius 3 is 2.43 bits per heavy atom. The highest BCUT2D eigenvalue weighted by atomic mass is 16.5. The summed E-state index contributed by atoms with van der Waals surface area (Å²) in [6.07, 6.45) is 15.2. The van der Waals surface area contributed by atoms with Crippen LogP contribution in [0.3, 0.4) is 0 Å². The van der Waals surface area contributed by atoms with E-state index in [1.54, 1.807) is 6.08 Å². The van der Waals surface area contributed by atoms with Crippen LogP contribution in [0.2, 0.25) is 0 Å². The Labute approximate surface area is 127 Å². The predicted molar refractivity (Wildman–Crippen MR) is 84.0 cm³/mol. The maximum atomic E-state index is 10.8. The summed E-state index contributed by atoms with van der Waals surface area (Å²) in [5, 5.41) is 8.54. The fraction of sp³-hybridized carbons (Fsp3) is 0.529. The van der Waals surface area contributed by atoms with Gasteiger partial charge in [0.15, 0.2) is 0 Å². The quantitative estimate of drug-likeness (QED) is 0.270. The molecule has 0 aromatic heterocycles. The monoisotopic (exact) mass is 294 g/mol. The van der Waals surface area contributed by atoms with Crippen molar-refractivity contribution in [1.29, 1.82) is 0 Å². The molecule has 0 aromatic carbocycles. The van der Waals surface area contributed by atoms with E-state index < -0.39 is 5.97 Å². The zero-order valence-electron chi connectivity index (χ0n) is 13.0. The molecule has 0 heterocycles. The van der Waals surface area contributed by atoms with Gasteiger partial charge in [-0.15, -0.1) is 0 Å². The lowest BCUT2D eigenvalue weighted by atomic mass is 10.1. The van der Waals surface area contributed by atoms with Crippen LogP contribution in [0.4, 0.5) is 0 Å². The molecule has 1 N–H and O–H groups in total. The normalized spacial score (nSPS) is 12.2. The first kappa shape index (κ1) is 19.2. The molecule has 21 heavy (non-hydrogen) atoms. The van der Waals surface area contributed by atoms with Gasteiger partial charge in [0.2, 0.25) is 0 Å². The summed E-state index contributed by atoms with van der Waals surface area (Å²) < 4.78 is 4.93. The highest BCUT2D eigenvalue weighted by Gasteiger charge is 1.96. The molecule has 0 spiro atoms. The number of allylic oxidation sites excluding steroid dienone is 3. The molecule has 4 nitrogen and oxygen atoms in total. The van der Waals surface area contributed by atoms with Gasteiger partial charge in [-0.3, -0.25) is 4.79 Å². The van der Waals surface area contributed by atoms with Crippen LogP contribution in [0.15, 0.2) is 36.0 Å². The van der Waals surface area contributed by atoms with Crippen LogP contribution in [-0.4, -0.2) is 23.7 Å². The van der Waals surface area contributed by atoms with Crippen molar-refractivity contribution in [2.45, 2.75) is 52.4 Å². The molecule has 0 saturated heterocycles. The zero-order valence-corrected chi connectivity index (χ0v) is 13.0. The summed E-state index contributed by atoms with van der Waals surface area (Å²) in [4.78, 5) is 21.2. The van der Waals surface area contributed by atoms with Gasteiger partial charge >= 0.3 is 11.9 Å². The lowest BCUT2D eigenvalue weighted by molar-refractivity contribution is -0.140. The van der Waals surface area contributed by atoms with Crippen LogP contribution in [0.5, 0.6) is 0 Å². The number of carbonyl (C=O) groups excluding carboxylic acids is 1. The maximum absolute atomic E-state index is 10.8. The van der Waals surface area contributed by atoms with E-state index in [1.165, 1.54) is 38.7 Å². The van der Waals surface area contributed by atoms with Crippen molar-refractivity contribution in [2.24, 2.45) is 0 Å². The molecule has 0 fully saturated rings. The third-order valence-electron chi connectivity index (χ3n) is 2.80. The number of hydrogen-bond donors (Lipinski definition) is 1. The van der Waals surface area contributed by atoms with Crippen molar-refractivity contribution in [2.75, 3.05) is 6.61 Å². The molecule has 0 aliphatic carbocycles. The summed E-state index contributed by atoms with van der Waals surface area (Å²) in [7, 11) is 0. The van der Waals surface area contributed by atoms with Gasteiger partial charge in [-0.2, -0.15) is 0 Å². The number of rotatable bonds is 11. The molecule has 0 atom stereocenters. The van der Waals surface area contributed by atoms with E-state index in [2.05, 4.69) is 6.92 Å². The lowest BCUT2D eigenvalue weighted by Gasteiger charge is -2.02. The molecule has 0 bridgehead atoms. The summed E-state index contributed by atoms with van der Waals surface area (Å²) in [6, 6.07) is 0. The first-order valence-corrected chi connectivity index (χ1v) is 7.46. The van der Waals surface area contributed by atoms with E-state index in [1.807, 2.05) is 12.2 Å². The molecule has 0 saturated carbocycles. The largest absolute Gasteiger partial charge is 0.478 e. The van der Waals surface area contributed by atoms with E-state index in [9.17, 15) is 9.59 Å². The molecule has 0 rings (SSSR count). The second kappa shape index (κ2) is 13.2. The van der Waals surface area contributed by atoms with E-state index >= 15 is 0 Å².